The van der Waals surface area contributed by atoms with Gasteiger partial charge in [-0.25, -0.2) is 0 Å². The molecule has 0 spiro atoms. The number of fused-ring (bicyclic) bond motifs is 2. The third kappa shape index (κ3) is 2.80. The lowest BCUT2D eigenvalue weighted by Crippen LogP contribution is -2.29. The summed E-state index contributed by atoms with van der Waals surface area (Å²) in [5.74, 6) is 0. The van der Waals surface area contributed by atoms with Gasteiger partial charge < -0.3 is 0 Å². The molecule has 128 valence electrons. The molecule has 27 heavy (non-hydrogen) atoms. The molecule has 1 aliphatic rings. The smallest absolute Gasteiger partial charge is 0.000750 e. The monoisotopic (exact) mass is 344 g/mol. The third-order valence-corrected chi connectivity index (χ3v) is 5.36. The van der Waals surface area contributed by atoms with Crippen LogP contribution in [0.1, 0.15) is 22.3 Å². The largest absolute Gasteiger partial charge is 0.0622 e. The first-order chi connectivity index (χ1) is 13.4. The summed E-state index contributed by atoms with van der Waals surface area (Å²) in [7, 11) is 0. The van der Waals surface area contributed by atoms with Gasteiger partial charge in [0.2, 0.25) is 0 Å². The number of hydrogen-bond acceptors (Lipinski definition) is 0. The molecule has 0 N–H and O–H groups in total. The fraction of sp³-hybridized carbons (Fsp3) is 0.0370. The highest BCUT2D eigenvalue weighted by Crippen LogP contribution is 2.28. The van der Waals surface area contributed by atoms with E-state index in [9.17, 15) is 0 Å². The molecule has 0 heterocycles. The SMILES string of the molecule is c1ccc(C2=c3ccccc3=C(c3ccccc3)c3ccccc3C2)cc1. The highest BCUT2D eigenvalue weighted by Gasteiger charge is 2.17. The van der Waals surface area contributed by atoms with Gasteiger partial charge in [0.25, 0.3) is 0 Å². The van der Waals surface area contributed by atoms with Crippen molar-refractivity contribution in [1.29, 1.82) is 0 Å². The van der Waals surface area contributed by atoms with Gasteiger partial charge in [0.1, 0.15) is 0 Å². The van der Waals surface area contributed by atoms with Gasteiger partial charge in [-0.1, -0.05) is 109 Å². The fourth-order valence-electron chi connectivity index (χ4n) is 4.13. The Morgan fingerprint density at radius 3 is 1.74 bits per heavy atom. The molecule has 0 bridgehead atoms. The maximum atomic E-state index is 2.27. The highest BCUT2D eigenvalue weighted by atomic mass is 14.2. The normalized spacial score (nSPS) is 12.9. The van der Waals surface area contributed by atoms with Crippen molar-refractivity contribution >= 4 is 11.1 Å². The Labute approximate surface area is 159 Å². The van der Waals surface area contributed by atoms with Crippen molar-refractivity contribution in [3.63, 3.8) is 0 Å². The van der Waals surface area contributed by atoms with Crippen molar-refractivity contribution in [2.75, 3.05) is 0 Å². The van der Waals surface area contributed by atoms with E-state index in [1.54, 1.807) is 0 Å². The summed E-state index contributed by atoms with van der Waals surface area (Å²) in [6.45, 7) is 0. The molecule has 4 aromatic rings. The van der Waals surface area contributed by atoms with E-state index >= 15 is 0 Å². The first-order valence-corrected chi connectivity index (χ1v) is 9.43. The van der Waals surface area contributed by atoms with E-state index in [1.165, 1.54) is 43.8 Å². The van der Waals surface area contributed by atoms with Crippen LogP contribution in [-0.2, 0) is 6.42 Å². The Bertz CT molecular complexity index is 1220. The average Bonchev–Trinajstić information content (AvgIpc) is 2.89. The molecule has 0 nitrogen and oxygen atoms in total. The number of rotatable bonds is 2. The quantitative estimate of drug-likeness (QED) is 0.495. The zero-order valence-corrected chi connectivity index (χ0v) is 15.1. The van der Waals surface area contributed by atoms with Crippen molar-refractivity contribution in [3.8, 4) is 0 Å². The predicted molar refractivity (Wildman–Crippen MR) is 113 cm³/mol. The van der Waals surface area contributed by atoms with Gasteiger partial charge in [-0.2, -0.15) is 0 Å². The Balaban J connectivity index is 1.98. The first kappa shape index (κ1) is 15.8. The van der Waals surface area contributed by atoms with E-state index in [2.05, 4.69) is 109 Å². The minimum atomic E-state index is 0.938. The molecule has 0 radical (unpaired) electrons. The van der Waals surface area contributed by atoms with E-state index in [0.29, 0.717) is 0 Å². The van der Waals surface area contributed by atoms with E-state index in [4.69, 9.17) is 0 Å². The Kier molecular flexibility index (Phi) is 3.95. The topological polar surface area (TPSA) is 0 Å². The maximum Gasteiger partial charge on any atom is -0.000750 e. The van der Waals surface area contributed by atoms with Gasteiger partial charge in [-0.3, -0.25) is 0 Å². The van der Waals surface area contributed by atoms with Gasteiger partial charge in [-0.15, -0.1) is 0 Å². The van der Waals surface area contributed by atoms with Crippen LogP contribution < -0.4 is 10.4 Å². The highest BCUT2D eigenvalue weighted by molar-refractivity contribution is 5.85. The van der Waals surface area contributed by atoms with Crippen LogP contribution in [0.5, 0.6) is 0 Å². The van der Waals surface area contributed by atoms with Gasteiger partial charge in [0, 0.05) is 0 Å². The van der Waals surface area contributed by atoms with E-state index in [1.807, 2.05) is 0 Å². The van der Waals surface area contributed by atoms with Crippen LogP contribution in [0, 0.1) is 0 Å². The molecule has 0 heteroatoms. The molecule has 5 rings (SSSR count). The average molecular weight is 344 g/mol. The summed E-state index contributed by atoms with van der Waals surface area (Å²) >= 11 is 0. The first-order valence-electron chi connectivity index (χ1n) is 9.43. The summed E-state index contributed by atoms with van der Waals surface area (Å²) in [4.78, 5) is 0. The molecule has 1 aliphatic carbocycles. The van der Waals surface area contributed by atoms with Crippen LogP contribution in [0.4, 0.5) is 0 Å². The zero-order chi connectivity index (χ0) is 18.1. The molecule has 0 amide bonds. The molecular formula is C27H20. The van der Waals surface area contributed by atoms with Gasteiger partial charge >= 0.3 is 0 Å². The third-order valence-electron chi connectivity index (χ3n) is 5.36. The number of hydrogen-bond donors (Lipinski definition) is 0. The van der Waals surface area contributed by atoms with Crippen LogP contribution in [-0.4, -0.2) is 0 Å². The minimum absolute atomic E-state index is 0.938. The lowest BCUT2D eigenvalue weighted by Gasteiger charge is -2.12. The molecule has 4 aromatic carbocycles. The molecule has 0 fully saturated rings. The Morgan fingerprint density at radius 2 is 1.00 bits per heavy atom. The summed E-state index contributed by atoms with van der Waals surface area (Å²) in [6.07, 6.45) is 0.938. The van der Waals surface area contributed by atoms with E-state index in [0.717, 1.165) is 6.42 Å². The van der Waals surface area contributed by atoms with Crippen LogP contribution in [0.2, 0.25) is 0 Å². The van der Waals surface area contributed by atoms with E-state index in [-0.39, 0.29) is 0 Å². The summed E-state index contributed by atoms with van der Waals surface area (Å²) in [5.41, 5.74) is 8.01. The van der Waals surface area contributed by atoms with Gasteiger partial charge in [0.05, 0.1) is 0 Å². The van der Waals surface area contributed by atoms with Crippen LogP contribution in [0.25, 0.3) is 11.1 Å². The number of benzene rings is 4. The summed E-state index contributed by atoms with van der Waals surface area (Å²) < 4.78 is 0. The Hall–Kier alpha value is -3.38. The molecule has 0 atom stereocenters. The second kappa shape index (κ2) is 6.74. The van der Waals surface area contributed by atoms with E-state index < -0.39 is 0 Å². The fourth-order valence-corrected chi connectivity index (χ4v) is 4.13. The molecule has 0 aromatic heterocycles. The molecule has 0 saturated heterocycles. The van der Waals surface area contributed by atoms with Gasteiger partial charge in [0.15, 0.2) is 0 Å². The lowest BCUT2D eigenvalue weighted by molar-refractivity contribution is 1.25. The van der Waals surface area contributed by atoms with Crippen molar-refractivity contribution in [1.82, 2.24) is 0 Å². The molecule has 0 aliphatic heterocycles. The van der Waals surface area contributed by atoms with Crippen LogP contribution >= 0.6 is 0 Å². The van der Waals surface area contributed by atoms with Crippen molar-refractivity contribution < 1.29 is 0 Å². The molecule has 0 unspecified atom stereocenters. The van der Waals surface area contributed by atoms with Crippen molar-refractivity contribution in [3.05, 3.63) is 142 Å². The maximum absolute atomic E-state index is 2.27. The van der Waals surface area contributed by atoms with Crippen LogP contribution in [0.15, 0.2) is 109 Å². The standard InChI is InChI=1S/C27H20/c1-3-11-20(12-4-1)26-19-22-15-7-8-16-23(22)27(21-13-5-2-6-14-21)25-18-10-9-17-24(25)26/h1-18H,19H2. The van der Waals surface area contributed by atoms with Crippen LogP contribution in [0.3, 0.4) is 0 Å². The molecule has 0 saturated carbocycles. The van der Waals surface area contributed by atoms with Gasteiger partial charge in [-0.05, 0) is 50.3 Å². The lowest BCUT2D eigenvalue weighted by atomic mass is 9.91. The Morgan fingerprint density at radius 1 is 0.444 bits per heavy atom. The second-order valence-corrected chi connectivity index (χ2v) is 6.97. The second-order valence-electron chi connectivity index (χ2n) is 6.97. The predicted octanol–water partition coefficient (Wildman–Crippen LogP) is 4.69. The van der Waals surface area contributed by atoms with Crippen molar-refractivity contribution in [2.24, 2.45) is 0 Å². The molecular weight excluding hydrogens is 324 g/mol. The zero-order valence-electron chi connectivity index (χ0n) is 15.1. The minimum Gasteiger partial charge on any atom is -0.0622 e. The van der Waals surface area contributed by atoms with Crippen molar-refractivity contribution in [2.45, 2.75) is 6.42 Å². The summed E-state index contributed by atoms with van der Waals surface area (Å²) in [6, 6.07) is 39.2. The summed E-state index contributed by atoms with van der Waals surface area (Å²) in [5, 5.41) is 2.64.